The molecule has 0 saturated heterocycles. The van der Waals surface area contributed by atoms with E-state index in [2.05, 4.69) is 30.8 Å². The Kier molecular flexibility index (Phi) is 5.52. The minimum Gasteiger partial charge on any atom is -0.451 e. The summed E-state index contributed by atoms with van der Waals surface area (Å²) in [5.41, 5.74) is 1.55. The van der Waals surface area contributed by atoms with Crippen LogP contribution >= 0.6 is 0 Å². The molecule has 0 unspecified atom stereocenters. The van der Waals surface area contributed by atoms with Gasteiger partial charge in [0.05, 0.1) is 0 Å². The molecule has 31 heavy (non-hydrogen) atoms. The number of rotatable bonds is 6. The lowest BCUT2D eigenvalue weighted by atomic mass is 10.2. The van der Waals surface area contributed by atoms with Crippen molar-refractivity contribution in [1.82, 2.24) is 24.7 Å². The van der Waals surface area contributed by atoms with Gasteiger partial charge < -0.3 is 19.6 Å². The zero-order valence-corrected chi connectivity index (χ0v) is 16.8. The van der Waals surface area contributed by atoms with Gasteiger partial charge in [-0.05, 0) is 44.2 Å². The number of carbonyl (C=O) groups is 2. The van der Waals surface area contributed by atoms with Gasteiger partial charge in [-0.1, -0.05) is 12.1 Å². The fourth-order valence-corrected chi connectivity index (χ4v) is 2.88. The fourth-order valence-electron chi connectivity index (χ4n) is 2.88. The average molecular weight is 417 g/mol. The van der Waals surface area contributed by atoms with Crippen molar-refractivity contribution in [2.24, 2.45) is 0 Å². The molecular weight excluding hydrogens is 398 g/mol. The van der Waals surface area contributed by atoms with Crippen LogP contribution in [0.15, 0.2) is 65.9 Å². The number of aromatic nitrogens is 5. The molecule has 0 fully saturated rings. The maximum Gasteiger partial charge on any atom is 0.277 e. The zero-order valence-electron chi connectivity index (χ0n) is 16.8. The summed E-state index contributed by atoms with van der Waals surface area (Å²) in [5.74, 6) is 0.184. The Labute approximate surface area is 177 Å². The van der Waals surface area contributed by atoms with Crippen molar-refractivity contribution < 1.29 is 14.0 Å². The van der Waals surface area contributed by atoms with Crippen LogP contribution in [0.3, 0.4) is 0 Å². The molecule has 0 aliphatic carbocycles. The molecule has 0 spiro atoms. The zero-order chi connectivity index (χ0) is 21.8. The number of benzene rings is 1. The van der Waals surface area contributed by atoms with Crippen LogP contribution < -0.4 is 10.6 Å². The Balaban J connectivity index is 1.50. The molecule has 10 heteroatoms. The third kappa shape index (κ3) is 4.47. The van der Waals surface area contributed by atoms with Gasteiger partial charge in [-0.3, -0.25) is 9.59 Å². The van der Waals surface area contributed by atoms with E-state index in [1.54, 1.807) is 48.8 Å². The van der Waals surface area contributed by atoms with Gasteiger partial charge in [0.1, 0.15) is 24.1 Å². The monoisotopic (exact) mass is 417 g/mol. The van der Waals surface area contributed by atoms with Crippen LogP contribution in [0.4, 0.5) is 11.5 Å². The number of carbonyl (C=O) groups excluding carboxylic acids is 2. The first-order valence-electron chi connectivity index (χ1n) is 9.49. The van der Waals surface area contributed by atoms with Gasteiger partial charge in [-0.25, -0.2) is 9.97 Å². The minimum absolute atomic E-state index is 0.144. The van der Waals surface area contributed by atoms with Crippen LogP contribution in [0, 0.1) is 0 Å². The Morgan fingerprint density at radius 2 is 1.90 bits per heavy atom. The first kappa shape index (κ1) is 20.0. The molecule has 0 saturated carbocycles. The topological polar surface area (TPSA) is 128 Å². The summed E-state index contributed by atoms with van der Waals surface area (Å²) in [6.07, 6.45) is 4.06. The molecule has 2 amide bonds. The number of hydrogen-bond donors (Lipinski definition) is 2. The lowest BCUT2D eigenvalue weighted by molar-refractivity contribution is 0.101. The Bertz CT molecular complexity index is 1220. The molecule has 4 aromatic rings. The second-order valence-corrected chi connectivity index (χ2v) is 6.93. The van der Waals surface area contributed by atoms with Gasteiger partial charge in [0.15, 0.2) is 17.9 Å². The fraction of sp³-hybridized carbons (Fsp3) is 0.143. The molecule has 2 N–H and O–H groups in total. The normalized spacial score (nSPS) is 10.8. The number of pyridine rings is 1. The molecule has 0 atom stereocenters. The highest BCUT2D eigenvalue weighted by atomic mass is 16.3. The van der Waals surface area contributed by atoms with Crippen LogP contribution in [0.25, 0.3) is 11.5 Å². The number of nitrogens with one attached hydrogen (secondary N) is 2. The van der Waals surface area contributed by atoms with Crippen molar-refractivity contribution in [2.75, 3.05) is 10.6 Å². The maximum absolute atomic E-state index is 12.7. The summed E-state index contributed by atoms with van der Waals surface area (Å²) in [6, 6.07) is 12.0. The third-order valence-corrected chi connectivity index (χ3v) is 4.40. The SMILES string of the molecule is CC(C)n1cnnc1-c1cccc(NC(=O)c2cccc(NC(=O)c3cocn3)c2)n1. The van der Waals surface area contributed by atoms with Crippen molar-refractivity contribution in [1.29, 1.82) is 0 Å². The third-order valence-electron chi connectivity index (χ3n) is 4.40. The molecule has 0 bridgehead atoms. The Morgan fingerprint density at radius 3 is 2.68 bits per heavy atom. The van der Waals surface area contributed by atoms with E-state index in [0.29, 0.717) is 28.6 Å². The minimum atomic E-state index is -0.435. The number of hydrogen-bond acceptors (Lipinski definition) is 7. The highest BCUT2D eigenvalue weighted by molar-refractivity contribution is 6.06. The number of oxazole rings is 1. The van der Waals surface area contributed by atoms with Crippen molar-refractivity contribution in [3.8, 4) is 11.5 Å². The van der Waals surface area contributed by atoms with E-state index in [4.69, 9.17) is 4.42 Å². The molecule has 3 aromatic heterocycles. The molecule has 10 nitrogen and oxygen atoms in total. The number of nitrogens with zero attached hydrogens (tertiary/aromatic N) is 5. The summed E-state index contributed by atoms with van der Waals surface area (Å²) in [7, 11) is 0. The molecule has 3 heterocycles. The second kappa shape index (κ2) is 8.57. The van der Waals surface area contributed by atoms with Gasteiger partial charge in [-0.2, -0.15) is 0 Å². The van der Waals surface area contributed by atoms with E-state index < -0.39 is 5.91 Å². The van der Waals surface area contributed by atoms with Gasteiger partial charge in [0.2, 0.25) is 0 Å². The highest BCUT2D eigenvalue weighted by Crippen LogP contribution is 2.20. The van der Waals surface area contributed by atoms with E-state index in [1.165, 1.54) is 12.7 Å². The summed E-state index contributed by atoms with van der Waals surface area (Å²) in [5, 5.41) is 13.5. The van der Waals surface area contributed by atoms with Crippen LogP contribution in [-0.4, -0.2) is 36.5 Å². The lowest BCUT2D eigenvalue weighted by Crippen LogP contribution is -2.15. The van der Waals surface area contributed by atoms with E-state index >= 15 is 0 Å². The van der Waals surface area contributed by atoms with Gasteiger partial charge in [0.25, 0.3) is 11.8 Å². The molecule has 1 aromatic carbocycles. The highest BCUT2D eigenvalue weighted by Gasteiger charge is 2.14. The Morgan fingerprint density at radius 1 is 1.06 bits per heavy atom. The largest absolute Gasteiger partial charge is 0.451 e. The first-order valence-corrected chi connectivity index (χ1v) is 9.49. The smallest absolute Gasteiger partial charge is 0.277 e. The summed E-state index contributed by atoms with van der Waals surface area (Å²) >= 11 is 0. The number of anilines is 2. The summed E-state index contributed by atoms with van der Waals surface area (Å²) in [6.45, 7) is 4.04. The second-order valence-electron chi connectivity index (χ2n) is 6.93. The lowest BCUT2D eigenvalue weighted by Gasteiger charge is -2.11. The van der Waals surface area contributed by atoms with E-state index in [-0.39, 0.29) is 17.6 Å². The predicted molar refractivity (Wildman–Crippen MR) is 112 cm³/mol. The Hall–Kier alpha value is -4.34. The predicted octanol–water partition coefficient (Wildman–Crippen LogP) is 3.41. The van der Waals surface area contributed by atoms with Crippen LogP contribution in [0.2, 0.25) is 0 Å². The van der Waals surface area contributed by atoms with Crippen molar-refractivity contribution in [2.45, 2.75) is 19.9 Å². The van der Waals surface area contributed by atoms with Crippen molar-refractivity contribution in [3.63, 3.8) is 0 Å². The van der Waals surface area contributed by atoms with E-state index in [1.807, 2.05) is 18.4 Å². The van der Waals surface area contributed by atoms with Gasteiger partial charge in [0, 0.05) is 17.3 Å². The molecule has 0 radical (unpaired) electrons. The van der Waals surface area contributed by atoms with Crippen LogP contribution in [0.1, 0.15) is 40.7 Å². The standard InChI is InChI=1S/C21H19N7O3/c1-13(2)28-11-23-27-19(28)16-7-4-8-18(25-16)26-20(29)14-5-3-6-15(9-14)24-21(30)17-10-31-12-22-17/h3-13H,1-2H3,(H,24,30)(H,25,26,29). The van der Waals surface area contributed by atoms with Crippen molar-refractivity contribution >= 4 is 23.3 Å². The van der Waals surface area contributed by atoms with Gasteiger partial charge >= 0.3 is 0 Å². The number of amides is 2. The first-order chi connectivity index (χ1) is 15.0. The summed E-state index contributed by atoms with van der Waals surface area (Å²) in [4.78, 5) is 33.1. The van der Waals surface area contributed by atoms with E-state index in [0.717, 1.165) is 0 Å². The van der Waals surface area contributed by atoms with E-state index in [9.17, 15) is 9.59 Å². The van der Waals surface area contributed by atoms with Gasteiger partial charge in [-0.15, -0.1) is 10.2 Å². The molecule has 4 rings (SSSR count). The van der Waals surface area contributed by atoms with Crippen LogP contribution in [-0.2, 0) is 0 Å². The average Bonchev–Trinajstić information content (AvgIpc) is 3.46. The molecule has 0 aliphatic rings. The quantitative estimate of drug-likeness (QED) is 0.492. The van der Waals surface area contributed by atoms with Crippen LogP contribution in [0.5, 0.6) is 0 Å². The molecule has 156 valence electrons. The molecule has 0 aliphatic heterocycles. The maximum atomic E-state index is 12.7. The van der Waals surface area contributed by atoms with Crippen molar-refractivity contribution in [3.05, 3.63) is 72.7 Å². The molecular formula is C21H19N7O3. The summed E-state index contributed by atoms with van der Waals surface area (Å²) < 4.78 is 6.70.